The molecule has 0 saturated carbocycles. The number of ether oxygens (including phenoxy) is 1. The Balaban J connectivity index is 1.96. The minimum absolute atomic E-state index is 0.0588. The summed E-state index contributed by atoms with van der Waals surface area (Å²) in [7, 11) is 0. The Kier molecular flexibility index (Phi) is 8.86. The summed E-state index contributed by atoms with van der Waals surface area (Å²) in [5.74, 6) is -0.527. The monoisotopic (exact) mass is 490 g/mol. The quantitative estimate of drug-likeness (QED) is 0.438. The molecule has 0 aliphatic heterocycles. The number of carbonyl (C=O) groups is 2. The Morgan fingerprint density at radius 3 is 2.28 bits per heavy atom. The van der Waals surface area contributed by atoms with Crippen LogP contribution in [-0.2, 0) is 22.6 Å². The summed E-state index contributed by atoms with van der Waals surface area (Å²) < 4.78 is 20.5. The fourth-order valence-corrected chi connectivity index (χ4v) is 3.92. The Morgan fingerprint density at radius 2 is 1.61 bits per heavy atom. The number of nitrogens with one attached hydrogen (secondary N) is 1. The van der Waals surface area contributed by atoms with Crippen molar-refractivity contribution in [1.29, 1.82) is 0 Å². The van der Waals surface area contributed by atoms with Crippen molar-refractivity contribution < 1.29 is 18.7 Å². The van der Waals surface area contributed by atoms with E-state index in [0.29, 0.717) is 11.3 Å². The van der Waals surface area contributed by atoms with Crippen LogP contribution in [0.15, 0.2) is 72.8 Å². The van der Waals surface area contributed by atoms with Gasteiger partial charge < -0.3 is 15.0 Å². The van der Waals surface area contributed by atoms with E-state index in [0.717, 1.165) is 16.7 Å². The highest BCUT2D eigenvalue weighted by molar-refractivity contribution is 5.89. The second-order valence-corrected chi connectivity index (χ2v) is 10.0. The van der Waals surface area contributed by atoms with E-state index in [-0.39, 0.29) is 25.5 Å². The lowest BCUT2D eigenvalue weighted by Crippen LogP contribution is -2.55. The standard InChI is InChI=1S/C30H35FN2O3/c1-21-12-11-17-27(22(21)2)36-20-28(34)33(19-24-15-9-10-16-25(24)31)26(29(35)32-30(3,4)5)18-23-13-7-6-8-14-23/h6-17,26H,18-20H2,1-5H3,(H,32,35)/t26-/m0/s1. The van der Waals surface area contributed by atoms with E-state index in [1.165, 1.54) is 11.0 Å². The maximum atomic E-state index is 14.7. The van der Waals surface area contributed by atoms with Crippen molar-refractivity contribution in [1.82, 2.24) is 10.2 Å². The van der Waals surface area contributed by atoms with Gasteiger partial charge in [-0.15, -0.1) is 0 Å². The van der Waals surface area contributed by atoms with Crippen molar-refractivity contribution in [2.24, 2.45) is 0 Å². The summed E-state index contributed by atoms with van der Waals surface area (Å²) in [5, 5.41) is 3.00. The number of aryl methyl sites for hydroxylation is 1. The van der Waals surface area contributed by atoms with Gasteiger partial charge in [-0.2, -0.15) is 0 Å². The summed E-state index contributed by atoms with van der Waals surface area (Å²) in [6, 6.07) is 20.6. The number of benzene rings is 3. The smallest absolute Gasteiger partial charge is 0.261 e. The fraction of sp³-hybridized carbons (Fsp3) is 0.333. The fourth-order valence-electron chi connectivity index (χ4n) is 3.92. The molecule has 0 heterocycles. The molecule has 0 saturated heterocycles. The van der Waals surface area contributed by atoms with Crippen LogP contribution in [0.4, 0.5) is 4.39 Å². The summed E-state index contributed by atoms with van der Waals surface area (Å²) in [6.45, 7) is 9.23. The molecule has 3 rings (SSSR count). The van der Waals surface area contributed by atoms with Crippen LogP contribution in [0.25, 0.3) is 0 Å². The third-order valence-corrected chi connectivity index (χ3v) is 5.97. The van der Waals surface area contributed by atoms with Crippen LogP contribution in [0.3, 0.4) is 0 Å². The Morgan fingerprint density at radius 1 is 0.944 bits per heavy atom. The molecule has 0 unspecified atom stereocenters. The van der Waals surface area contributed by atoms with Gasteiger partial charge in [-0.25, -0.2) is 4.39 Å². The zero-order valence-corrected chi connectivity index (χ0v) is 21.7. The predicted molar refractivity (Wildman–Crippen MR) is 140 cm³/mol. The lowest BCUT2D eigenvalue weighted by Gasteiger charge is -2.34. The maximum absolute atomic E-state index is 14.7. The SMILES string of the molecule is Cc1cccc(OCC(=O)N(Cc2ccccc2F)[C@@H](Cc2ccccc2)C(=O)NC(C)(C)C)c1C. The highest BCUT2D eigenvalue weighted by Gasteiger charge is 2.33. The largest absolute Gasteiger partial charge is 0.483 e. The van der Waals surface area contributed by atoms with E-state index >= 15 is 0 Å². The minimum Gasteiger partial charge on any atom is -0.483 e. The highest BCUT2D eigenvalue weighted by atomic mass is 19.1. The van der Waals surface area contributed by atoms with Gasteiger partial charge in [0, 0.05) is 24.1 Å². The highest BCUT2D eigenvalue weighted by Crippen LogP contribution is 2.22. The molecule has 0 bridgehead atoms. The molecule has 0 aliphatic carbocycles. The van der Waals surface area contributed by atoms with Gasteiger partial charge in [-0.1, -0.05) is 60.7 Å². The van der Waals surface area contributed by atoms with Crippen LogP contribution in [-0.4, -0.2) is 34.9 Å². The molecule has 0 aromatic heterocycles. The molecule has 0 radical (unpaired) electrons. The zero-order valence-electron chi connectivity index (χ0n) is 21.7. The molecule has 190 valence electrons. The van der Waals surface area contributed by atoms with E-state index < -0.39 is 23.3 Å². The third-order valence-electron chi connectivity index (χ3n) is 5.97. The first-order valence-electron chi connectivity index (χ1n) is 12.1. The molecule has 0 aliphatic rings. The number of hydrogen-bond acceptors (Lipinski definition) is 3. The van der Waals surface area contributed by atoms with Crippen LogP contribution < -0.4 is 10.1 Å². The van der Waals surface area contributed by atoms with Gasteiger partial charge in [0.05, 0.1) is 0 Å². The molecule has 1 atom stereocenters. The molecule has 0 fully saturated rings. The van der Waals surface area contributed by atoms with E-state index in [2.05, 4.69) is 5.32 Å². The number of rotatable bonds is 9. The minimum atomic E-state index is -0.860. The first kappa shape index (κ1) is 26.9. The first-order chi connectivity index (χ1) is 17.0. The Bertz CT molecular complexity index is 1190. The average molecular weight is 491 g/mol. The topological polar surface area (TPSA) is 58.6 Å². The molecule has 2 amide bonds. The lowest BCUT2D eigenvalue weighted by atomic mass is 10.0. The van der Waals surface area contributed by atoms with Gasteiger partial charge >= 0.3 is 0 Å². The van der Waals surface area contributed by atoms with Gasteiger partial charge in [0.25, 0.3) is 5.91 Å². The lowest BCUT2D eigenvalue weighted by molar-refractivity contribution is -0.143. The van der Waals surface area contributed by atoms with Gasteiger partial charge in [-0.05, 0) is 63.4 Å². The molecular weight excluding hydrogens is 455 g/mol. The zero-order chi connectivity index (χ0) is 26.3. The van der Waals surface area contributed by atoms with E-state index in [1.807, 2.05) is 83.1 Å². The number of nitrogens with zero attached hydrogens (tertiary/aromatic N) is 1. The van der Waals surface area contributed by atoms with Crippen molar-refractivity contribution in [2.75, 3.05) is 6.61 Å². The number of carbonyl (C=O) groups excluding carboxylic acids is 2. The summed E-state index contributed by atoms with van der Waals surface area (Å²) in [5.41, 5.74) is 2.72. The van der Waals surface area contributed by atoms with E-state index in [1.54, 1.807) is 18.2 Å². The molecular formula is C30H35FN2O3. The molecule has 3 aromatic rings. The Labute approximate surface area is 213 Å². The van der Waals surface area contributed by atoms with Crippen LogP contribution in [0, 0.1) is 19.7 Å². The molecule has 5 nitrogen and oxygen atoms in total. The van der Waals surface area contributed by atoms with Crippen molar-refractivity contribution in [3.05, 3.63) is 101 Å². The third kappa shape index (κ3) is 7.41. The second kappa shape index (κ2) is 11.8. The second-order valence-electron chi connectivity index (χ2n) is 10.0. The van der Waals surface area contributed by atoms with Gasteiger partial charge in [-0.3, -0.25) is 9.59 Å². The van der Waals surface area contributed by atoms with E-state index in [4.69, 9.17) is 4.74 Å². The predicted octanol–water partition coefficient (Wildman–Crippen LogP) is 5.38. The summed E-state index contributed by atoms with van der Waals surface area (Å²) in [6.07, 6.45) is 0.284. The van der Waals surface area contributed by atoms with Gasteiger partial charge in [0.15, 0.2) is 6.61 Å². The van der Waals surface area contributed by atoms with Gasteiger partial charge in [0.1, 0.15) is 17.6 Å². The molecule has 36 heavy (non-hydrogen) atoms. The first-order valence-corrected chi connectivity index (χ1v) is 12.1. The van der Waals surface area contributed by atoms with Crippen molar-refractivity contribution >= 4 is 11.8 Å². The maximum Gasteiger partial charge on any atom is 0.261 e. The molecule has 6 heteroatoms. The van der Waals surface area contributed by atoms with Crippen LogP contribution in [0.5, 0.6) is 5.75 Å². The van der Waals surface area contributed by atoms with Crippen molar-refractivity contribution in [3.63, 3.8) is 0 Å². The molecule has 1 N–H and O–H groups in total. The summed E-state index contributed by atoms with van der Waals surface area (Å²) >= 11 is 0. The number of hydrogen-bond donors (Lipinski definition) is 1. The van der Waals surface area contributed by atoms with Crippen molar-refractivity contribution in [2.45, 2.75) is 59.2 Å². The Hall–Kier alpha value is -3.67. The van der Waals surface area contributed by atoms with Crippen LogP contribution in [0.2, 0.25) is 0 Å². The van der Waals surface area contributed by atoms with Crippen LogP contribution >= 0.6 is 0 Å². The van der Waals surface area contributed by atoms with E-state index in [9.17, 15) is 14.0 Å². The van der Waals surface area contributed by atoms with Gasteiger partial charge in [0.2, 0.25) is 5.91 Å². The number of amides is 2. The summed E-state index contributed by atoms with van der Waals surface area (Å²) in [4.78, 5) is 28.6. The number of halogens is 1. The van der Waals surface area contributed by atoms with Crippen LogP contribution in [0.1, 0.15) is 43.0 Å². The normalized spacial score (nSPS) is 12.1. The average Bonchev–Trinajstić information content (AvgIpc) is 2.82. The molecule has 0 spiro atoms. The van der Waals surface area contributed by atoms with Crippen molar-refractivity contribution in [3.8, 4) is 5.75 Å². The molecule has 3 aromatic carbocycles.